The zero-order valence-electron chi connectivity index (χ0n) is 5.96. The van der Waals surface area contributed by atoms with Crippen molar-refractivity contribution in [3.8, 4) is 0 Å². The summed E-state index contributed by atoms with van der Waals surface area (Å²) in [6.07, 6.45) is -1.14. The van der Waals surface area contributed by atoms with Gasteiger partial charge in [-0.3, -0.25) is 4.79 Å². The van der Waals surface area contributed by atoms with Crippen LogP contribution in [-0.2, 0) is 14.4 Å². The summed E-state index contributed by atoms with van der Waals surface area (Å²) in [5.41, 5.74) is 0. The zero-order valence-corrected chi connectivity index (χ0v) is 7.96. The molecule has 0 aromatic rings. The first kappa shape index (κ1) is 13.2. The molecule has 0 aromatic carbocycles. The number of ketones is 1. The van der Waals surface area contributed by atoms with Gasteiger partial charge in [-0.15, -0.1) is 0 Å². The third kappa shape index (κ3) is 7.51. The van der Waals surface area contributed by atoms with Crippen LogP contribution < -0.4 is 39.8 Å². The van der Waals surface area contributed by atoms with Gasteiger partial charge < -0.3 is 19.8 Å². The standard InChI is InChI=1S/C5H6O5.Na/c6-3(5(9)10)1-2-4(7)8;/h1-2H2,(H,7,8)(H,9,10);/q;+1/p-2. The van der Waals surface area contributed by atoms with E-state index in [0.29, 0.717) is 0 Å². The summed E-state index contributed by atoms with van der Waals surface area (Å²) in [5, 5.41) is 19.3. The van der Waals surface area contributed by atoms with E-state index in [1.54, 1.807) is 0 Å². The van der Waals surface area contributed by atoms with Crippen molar-refractivity contribution >= 4 is 17.7 Å². The van der Waals surface area contributed by atoms with Crippen molar-refractivity contribution in [2.45, 2.75) is 12.8 Å². The molecule has 0 spiro atoms. The molecule has 0 aromatic heterocycles. The molecule has 6 heteroatoms. The van der Waals surface area contributed by atoms with Crippen molar-refractivity contribution < 1.29 is 54.2 Å². The first-order chi connectivity index (χ1) is 4.54. The second-order valence-electron chi connectivity index (χ2n) is 1.58. The van der Waals surface area contributed by atoms with Crippen LogP contribution >= 0.6 is 0 Å². The molecule has 0 aliphatic carbocycles. The second kappa shape index (κ2) is 6.33. The molecule has 0 heterocycles. The van der Waals surface area contributed by atoms with E-state index in [9.17, 15) is 24.6 Å². The molecule has 0 rings (SSSR count). The molecule has 5 nitrogen and oxygen atoms in total. The number of Topliss-reactive ketones (excluding diaryl/α,β-unsaturated/α-hetero) is 1. The summed E-state index contributed by atoms with van der Waals surface area (Å²) in [4.78, 5) is 29.4. The Kier molecular flexibility index (Phi) is 7.60. The summed E-state index contributed by atoms with van der Waals surface area (Å²) >= 11 is 0. The van der Waals surface area contributed by atoms with Gasteiger partial charge in [0.1, 0.15) is 5.97 Å². The Morgan fingerprint density at radius 1 is 1.00 bits per heavy atom. The Balaban J connectivity index is 0. The minimum atomic E-state index is -1.86. The average Bonchev–Trinajstić information content (AvgIpc) is 1.82. The molecule has 0 saturated heterocycles. The van der Waals surface area contributed by atoms with E-state index in [4.69, 9.17) is 0 Å². The molecule has 0 N–H and O–H groups in total. The largest absolute Gasteiger partial charge is 1.00 e. The number of rotatable bonds is 4. The van der Waals surface area contributed by atoms with Gasteiger partial charge in [-0.2, -0.15) is 0 Å². The van der Waals surface area contributed by atoms with Crippen LogP contribution in [0.15, 0.2) is 0 Å². The van der Waals surface area contributed by atoms with Gasteiger partial charge in [-0.25, -0.2) is 0 Å². The van der Waals surface area contributed by atoms with E-state index in [1.165, 1.54) is 0 Å². The Labute approximate surface area is 84.7 Å². The number of carbonyl (C=O) groups is 3. The summed E-state index contributed by atoms with van der Waals surface area (Å²) in [7, 11) is 0. The average molecular weight is 167 g/mol. The summed E-state index contributed by atoms with van der Waals surface area (Å²) in [5.74, 6) is -4.53. The van der Waals surface area contributed by atoms with Gasteiger partial charge in [0.25, 0.3) is 0 Å². The number of hydrogen-bond donors (Lipinski definition) is 0. The quantitative estimate of drug-likeness (QED) is 0.306. The molecule has 0 radical (unpaired) electrons. The topological polar surface area (TPSA) is 97.3 Å². The van der Waals surface area contributed by atoms with E-state index in [2.05, 4.69) is 0 Å². The maximum absolute atomic E-state index is 10.1. The van der Waals surface area contributed by atoms with Crippen LogP contribution in [0.1, 0.15) is 12.8 Å². The fourth-order valence-corrected chi connectivity index (χ4v) is 0.318. The Bertz CT molecular complexity index is 176. The maximum Gasteiger partial charge on any atom is 1.00 e. The molecule has 0 amide bonds. The smallest absolute Gasteiger partial charge is 0.550 e. The summed E-state index contributed by atoms with van der Waals surface area (Å²) < 4.78 is 0. The van der Waals surface area contributed by atoms with Crippen molar-refractivity contribution in [3.05, 3.63) is 0 Å². The molecular formula is C5H4NaO5-. The van der Waals surface area contributed by atoms with E-state index in [-0.39, 0.29) is 29.6 Å². The minimum absolute atomic E-state index is 0. The maximum atomic E-state index is 10.1. The van der Waals surface area contributed by atoms with Crippen molar-refractivity contribution in [3.63, 3.8) is 0 Å². The van der Waals surface area contributed by atoms with Gasteiger partial charge in [-0.1, -0.05) is 0 Å². The molecule has 0 bridgehead atoms. The van der Waals surface area contributed by atoms with E-state index < -0.39 is 30.6 Å². The van der Waals surface area contributed by atoms with Gasteiger partial charge in [0, 0.05) is 12.4 Å². The molecular weight excluding hydrogens is 163 g/mol. The molecule has 11 heavy (non-hydrogen) atoms. The minimum Gasteiger partial charge on any atom is -0.550 e. The molecule has 0 unspecified atom stereocenters. The van der Waals surface area contributed by atoms with Crippen LogP contribution in [-0.4, -0.2) is 17.7 Å². The predicted octanol–water partition coefficient (Wildman–Crippen LogP) is -6.16. The van der Waals surface area contributed by atoms with Crippen molar-refractivity contribution in [2.75, 3.05) is 0 Å². The van der Waals surface area contributed by atoms with Crippen molar-refractivity contribution in [1.82, 2.24) is 0 Å². The predicted molar refractivity (Wildman–Crippen MR) is 24.3 cm³/mol. The van der Waals surface area contributed by atoms with Crippen LogP contribution in [0.3, 0.4) is 0 Å². The van der Waals surface area contributed by atoms with Gasteiger partial charge in [0.05, 0.1) is 0 Å². The zero-order chi connectivity index (χ0) is 8.15. The number of carboxylic acids is 2. The Morgan fingerprint density at radius 3 is 1.73 bits per heavy atom. The fourth-order valence-electron chi connectivity index (χ4n) is 0.318. The number of carbonyl (C=O) groups excluding carboxylic acids is 3. The molecule has 0 aliphatic heterocycles. The number of aliphatic carboxylic acids is 2. The third-order valence-electron chi connectivity index (χ3n) is 0.784. The molecule has 0 saturated carbocycles. The number of carboxylic acid groups (broad SMARTS) is 2. The second-order valence-corrected chi connectivity index (χ2v) is 1.58. The van der Waals surface area contributed by atoms with Crippen LogP contribution in [0.5, 0.6) is 0 Å². The molecule has 0 aliphatic rings. The van der Waals surface area contributed by atoms with E-state index >= 15 is 0 Å². The summed E-state index contributed by atoms with van der Waals surface area (Å²) in [6.45, 7) is 0. The molecule has 56 valence electrons. The van der Waals surface area contributed by atoms with Crippen LogP contribution in [0.4, 0.5) is 0 Å². The Morgan fingerprint density at radius 2 is 1.45 bits per heavy atom. The van der Waals surface area contributed by atoms with Crippen LogP contribution in [0, 0.1) is 0 Å². The third-order valence-corrected chi connectivity index (χ3v) is 0.784. The van der Waals surface area contributed by atoms with E-state index in [1.807, 2.05) is 0 Å². The monoisotopic (exact) mass is 167 g/mol. The van der Waals surface area contributed by atoms with Gasteiger partial charge in [0.2, 0.25) is 0 Å². The van der Waals surface area contributed by atoms with Crippen LogP contribution in [0.25, 0.3) is 0 Å². The van der Waals surface area contributed by atoms with E-state index in [0.717, 1.165) is 0 Å². The van der Waals surface area contributed by atoms with Gasteiger partial charge in [0.15, 0.2) is 5.78 Å². The fraction of sp³-hybridized carbons (Fsp3) is 0.400. The molecule has 0 fully saturated rings. The summed E-state index contributed by atoms with van der Waals surface area (Å²) in [6, 6.07) is 0. The normalized spacial score (nSPS) is 8.00. The SMILES string of the molecule is O=C([O-])CCC(=O)C(=O)[O-].[Na+]. The van der Waals surface area contributed by atoms with Crippen molar-refractivity contribution in [1.29, 1.82) is 0 Å². The first-order valence-electron chi connectivity index (χ1n) is 2.48. The van der Waals surface area contributed by atoms with Crippen molar-refractivity contribution in [2.24, 2.45) is 0 Å². The molecule has 0 atom stereocenters. The van der Waals surface area contributed by atoms with Crippen LogP contribution in [0.2, 0.25) is 0 Å². The van der Waals surface area contributed by atoms with Gasteiger partial charge >= 0.3 is 29.6 Å². The number of hydrogen-bond acceptors (Lipinski definition) is 5. The van der Waals surface area contributed by atoms with Gasteiger partial charge in [-0.05, 0) is 6.42 Å². The Hall–Kier alpha value is -0.390. The first-order valence-corrected chi connectivity index (χ1v) is 2.48.